The highest BCUT2D eigenvalue weighted by molar-refractivity contribution is 7.07. The van der Waals surface area contributed by atoms with Crippen molar-refractivity contribution >= 4 is 11.3 Å². The molecule has 1 aliphatic heterocycles. The Morgan fingerprint density at radius 2 is 2.25 bits per heavy atom. The summed E-state index contributed by atoms with van der Waals surface area (Å²) in [4.78, 5) is 13.8. The van der Waals surface area contributed by atoms with Crippen molar-refractivity contribution in [3.63, 3.8) is 0 Å². The molecule has 1 aromatic rings. The van der Waals surface area contributed by atoms with Crippen LogP contribution in [0.15, 0.2) is 10.2 Å². The first-order chi connectivity index (χ1) is 7.68. The lowest BCUT2D eigenvalue weighted by molar-refractivity contribution is 0.220. The molecule has 1 fully saturated rings. The number of aromatic nitrogens is 1. The van der Waals surface area contributed by atoms with Crippen LogP contribution in [0.25, 0.3) is 0 Å². The first-order valence-corrected chi connectivity index (χ1v) is 6.64. The lowest BCUT2D eigenvalue weighted by Gasteiger charge is -2.34. The molecule has 1 saturated heterocycles. The fraction of sp³-hybridized carbons (Fsp3) is 0.727. The van der Waals surface area contributed by atoms with Gasteiger partial charge in [0.05, 0.1) is 0 Å². The zero-order valence-corrected chi connectivity index (χ0v) is 10.5. The van der Waals surface area contributed by atoms with Gasteiger partial charge in [0.2, 0.25) is 0 Å². The Kier molecular flexibility index (Phi) is 3.78. The molecule has 0 spiro atoms. The molecule has 3 N–H and O–H groups in total. The lowest BCUT2D eigenvalue weighted by atomic mass is 9.81. The van der Waals surface area contributed by atoms with Crippen LogP contribution < -0.4 is 15.5 Å². The molecule has 2 rings (SSSR count). The summed E-state index contributed by atoms with van der Waals surface area (Å²) in [6.07, 6.45) is 2.44. The third kappa shape index (κ3) is 3.17. The molecule has 0 saturated carbocycles. The molecule has 0 amide bonds. The van der Waals surface area contributed by atoms with E-state index in [9.17, 15) is 4.79 Å². The number of piperidine rings is 1. The van der Waals surface area contributed by atoms with Crippen molar-refractivity contribution in [3.05, 3.63) is 20.7 Å². The van der Waals surface area contributed by atoms with Gasteiger partial charge in [-0.15, -0.1) is 0 Å². The highest BCUT2D eigenvalue weighted by atomic mass is 32.1. The molecule has 1 aliphatic rings. The van der Waals surface area contributed by atoms with Crippen LogP contribution in [0.5, 0.6) is 0 Å². The summed E-state index contributed by atoms with van der Waals surface area (Å²) in [5.41, 5.74) is 1.40. The van der Waals surface area contributed by atoms with Crippen molar-refractivity contribution in [2.45, 2.75) is 26.3 Å². The largest absolute Gasteiger partial charge is 0.317 e. The molecular weight excluding hydrogens is 222 g/mol. The standard InChI is InChI=1S/C11H19N3OS/c1-11(2-4-12-5-3-11)8-13-6-9-7-16-10(15)14-9/h7,12-13H,2-6,8H2,1H3,(H,14,15). The number of hydrogen-bond donors (Lipinski definition) is 3. The summed E-state index contributed by atoms with van der Waals surface area (Å²) in [6.45, 7) is 6.35. The second kappa shape index (κ2) is 5.12. The molecule has 2 heterocycles. The fourth-order valence-corrected chi connectivity index (χ4v) is 2.69. The van der Waals surface area contributed by atoms with E-state index in [2.05, 4.69) is 22.5 Å². The van der Waals surface area contributed by atoms with Crippen LogP contribution in [-0.4, -0.2) is 24.6 Å². The minimum absolute atomic E-state index is 0.0323. The number of rotatable bonds is 4. The number of nitrogens with one attached hydrogen (secondary N) is 3. The molecule has 0 aromatic carbocycles. The predicted molar refractivity (Wildman–Crippen MR) is 66.9 cm³/mol. The number of hydrogen-bond acceptors (Lipinski definition) is 4. The second-order valence-electron chi connectivity index (χ2n) is 4.84. The molecule has 0 bridgehead atoms. The van der Waals surface area contributed by atoms with E-state index in [1.54, 1.807) is 0 Å². The van der Waals surface area contributed by atoms with Crippen molar-refractivity contribution in [1.82, 2.24) is 15.6 Å². The zero-order valence-electron chi connectivity index (χ0n) is 9.64. The average Bonchev–Trinajstić information content (AvgIpc) is 2.65. The summed E-state index contributed by atoms with van der Waals surface area (Å²) >= 11 is 1.23. The minimum Gasteiger partial charge on any atom is -0.317 e. The molecule has 90 valence electrons. The molecule has 0 aliphatic carbocycles. The van der Waals surface area contributed by atoms with Gasteiger partial charge < -0.3 is 15.6 Å². The minimum atomic E-state index is 0.0323. The predicted octanol–water partition coefficient (Wildman–Crippen LogP) is 0.916. The van der Waals surface area contributed by atoms with Crippen LogP contribution in [0, 0.1) is 5.41 Å². The van der Waals surface area contributed by atoms with Gasteiger partial charge in [-0.3, -0.25) is 4.79 Å². The SMILES string of the molecule is CC1(CNCc2csc(=O)[nH]2)CCNCC1. The molecular formula is C11H19N3OS. The van der Waals surface area contributed by atoms with Crippen molar-refractivity contribution in [3.8, 4) is 0 Å². The van der Waals surface area contributed by atoms with Gasteiger partial charge in [0.15, 0.2) is 0 Å². The Balaban J connectivity index is 1.76. The normalized spacial score (nSPS) is 19.8. The van der Waals surface area contributed by atoms with Crippen molar-refractivity contribution in [1.29, 1.82) is 0 Å². The number of H-pyrrole nitrogens is 1. The Morgan fingerprint density at radius 1 is 1.50 bits per heavy atom. The van der Waals surface area contributed by atoms with E-state index >= 15 is 0 Å². The van der Waals surface area contributed by atoms with Crippen LogP contribution in [0.3, 0.4) is 0 Å². The van der Waals surface area contributed by atoms with Gasteiger partial charge in [-0.1, -0.05) is 18.3 Å². The van der Waals surface area contributed by atoms with Crippen LogP contribution in [0.2, 0.25) is 0 Å². The Morgan fingerprint density at radius 3 is 2.88 bits per heavy atom. The maximum absolute atomic E-state index is 10.9. The van der Waals surface area contributed by atoms with E-state index in [1.807, 2.05) is 5.38 Å². The molecule has 4 nitrogen and oxygen atoms in total. The lowest BCUT2D eigenvalue weighted by Crippen LogP contribution is -2.41. The molecule has 0 unspecified atom stereocenters. The van der Waals surface area contributed by atoms with Crippen molar-refractivity contribution in [2.24, 2.45) is 5.41 Å². The summed E-state index contributed by atoms with van der Waals surface area (Å²) in [5.74, 6) is 0. The quantitative estimate of drug-likeness (QED) is 0.734. The first kappa shape index (κ1) is 11.8. The summed E-state index contributed by atoms with van der Waals surface area (Å²) in [7, 11) is 0. The Hall–Kier alpha value is -0.650. The molecule has 16 heavy (non-hydrogen) atoms. The molecule has 0 radical (unpaired) electrons. The van der Waals surface area contributed by atoms with E-state index < -0.39 is 0 Å². The summed E-state index contributed by atoms with van der Waals surface area (Å²) in [6, 6.07) is 0. The monoisotopic (exact) mass is 241 g/mol. The van der Waals surface area contributed by atoms with Crippen LogP contribution in [0.4, 0.5) is 0 Å². The van der Waals surface area contributed by atoms with Gasteiger partial charge in [-0.2, -0.15) is 0 Å². The van der Waals surface area contributed by atoms with E-state index in [4.69, 9.17) is 0 Å². The van der Waals surface area contributed by atoms with E-state index in [0.717, 1.165) is 31.9 Å². The third-order valence-electron chi connectivity index (χ3n) is 3.25. The van der Waals surface area contributed by atoms with Gasteiger partial charge in [0.25, 0.3) is 0 Å². The van der Waals surface area contributed by atoms with Gasteiger partial charge in [0, 0.05) is 24.2 Å². The summed E-state index contributed by atoms with van der Waals surface area (Å²) < 4.78 is 0. The first-order valence-electron chi connectivity index (χ1n) is 5.76. The van der Waals surface area contributed by atoms with Crippen LogP contribution in [-0.2, 0) is 6.54 Å². The third-order valence-corrected chi connectivity index (χ3v) is 3.97. The van der Waals surface area contributed by atoms with Crippen LogP contribution >= 0.6 is 11.3 Å². The van der Waals surface area contributed by atoms with Crippen molar-refractivity contribution < 1.29 is 0 Å². The Bertz CT molecular complexity index is 379. The molecule has 0 atom stereocenters. The van der Waals surface area contributed by atoms with Crippen molar-refractivity contribution in [2.75, 3.05) is 19.6 Å². The number of thiazole rings is 1. The maximum atomic E-state index is 10.9. The smallest absolute Gasteiger partial charge is 0.304 e. The molecule has 1 aromatic heterocycles. The van der Waals surface area contributed by atoms with E-state index in [-0.39, 0.29) is 4.87 Å². The van der Waals surface area contributed by atoms with E-state index in [0.29, 0.717) is 5.41 Å². The zero-order chi connectivity index (χ0) is 11.4. The Labute approximate surface area is 99.5 Å². The fourth-order valence-electron chi connectivity index (χ4n) is 2.11. The van der Waals surface area contributed by atoms with Gasteiger partial charge >= 0.3 is 4.87 Å². The van der Waals surface area contributed by atoms with Gasteiger partial charge in [0.1, 0.15) is 0 Å². The molecule has 5 heteroatoms. The highest BCUT2D eigenvalue weighted by Crippen LogP contribution is 2.26. The topological polar surface area (TPSA) is 56.9 Å². The van der Waals surface area contributed by atoms with Gasteiger partial charge in [-0.25, -0.2) is 0 Å². The second-order valence-corrected chi connectivity index (χ2v) is 5.68. The number of aromatic amines is 1. The van der Waals surface area contributed by atoms with Crippen LogP contribution in [0.1, 0.15) is 25.5 Å². The highest BCUT2D eigenvalue weighted by Gasteiger charge is 2.25. The summed E-state index contributed by atoms with van der Waals surface area (Å²) in [5, 5.41) is 8.70. The van der Waals surface area contributed by atoms with Gasteiger partial charge in [-0.05, 0) is 31.3 Å². The average molecular weight is 241 g/mol. The maximum Gasteiger partial charge on any atom is 0.304 e. The van der Waals surface area contributed by atoms with E-state index in [1.165, 1.54) is 24.2 Å².